The topological polar surface area (TPSA) is 140 Å². The molecular formula is C24H25N3O8. The van der Waals surface area contributed by atoms with Gasteiger partial charge in [-0.25, -0.2) is 0 Å². The predicted molar refractivity (Wildman–Crippen MR) is 123 cm³/mol. The number of hydrogen-bond acceptors (Lipinski definition) is 8. The van der Waals surface area contributed by atoms with Crippen LogP contribution in [-0.4, -0.2) is 48.2 Å². The van der Waals surface area contributed by atoms with Crippen LogP contribution in [-0.2, 0) is 19.2 Å². The Hall–Kier alpha value is -4.41. The van der Waals surface area contributed by atoms with Crippen LogP contribution in [0.5, 0.6) is 11.5 Å². The fraction of sp³-hybridized carbons (Fsp3) is 0.292. The van der Waals surface area contributed by atoms with Gasteiger partial charge in [0.15, 0.2) is 11.5 Å². The molecule has 1 atom stereocenters. The van der Waals surface area contributed by atoms with E-state index in [1.165, 1.54) is 26.2 Å². The lowest BCUT2D eigenvalue weighted by Crippen LogP contribution is -2.38. The summed E-state index contributed by atoms with van der Waals surface area (Å²) in [6.07, 6.45) is -0.411. The Bertz CT molecular complexity index is 1190. The van der Waals surface area contributed by atoms with E-state index in [2.05, 4.69) is 10.2 Å². The van der Waals surface area contributed by atoms with Crippen molar-refractivity contribution in [3.8, 4) is 11.5 Å². The first-order valence-corrected chi connectivity index (χ1v) is 10.7. The van der Waals surface area contributed by atoms with Gasteiger partial charge >= 0.3 is 5.97 Å². The number of benzene rings is 2. The molecule has 11 nitrogen and oxygen atoms in total. The molecule has 3 rings (SSSR count). The first-order valence-electron chi connectivity index (χ1n) is 10.7. The summed E-state index contributed by atoms with van der Waals surface area (Å²) in [5.41, 5.74) is 2.71. The summed E-state index contributed by atoms with van der Waals surface area (Å²) in [5.74, 6) is -2.44. The zero-order valence-corrected chi connectivity index (χ0v) is 19.7. The number of amides is 4. The minimum Gasteiger partial charge on any atom is -0.493 e. The molecule has 2 N–H and O–H groups in total. The van der Waals surface area contributed by atoms with Crippen LogP contribution < -0.4 is 20.3 Å². The average Bonchev–Trinajstić information content (AvgIpc) is 3.06. The van der Waals surface area contributed by atoms with Crippen LogP contribution in [0.1, 0.15) is 59.5 Å². The zero-order valence-electron chi connectivity index (χ0n) is 19.7. The molecule has 0 aliphatic carbocycles. The number of nitrogens with one attached hydrogen (secondary N) is 2. The fourth-order valence-corrected chi connectivity index (χ4v) is 3.75. The summed E-state index contributed by atoms with van der Waals surface area (Å²) >= 11 is 0. The summed E-state index contributed by atoms with van der Waals surface area (Å²) in [6.45, 7) is 4.50. The van der Waals surface area contributed by atoms with Gasteiger partial charge in [-0.2, -0.15) is 5.48 Å². The lowest BCUT2D eigenvalue weighted by Gasteiger charge is -2.27. The van der Waals surface area contributed by atoms with E-state index in [4.69, 9.17) is 9.47 Å². The minimum atomic E-state index is -1.09. The van der Waals surface area contributed by atoms with Crippen molar-refractivity contribution in [2.45, 2.75) is 33.2 Å². The minimum absolute atomic E-state index is 0.0247. The summed E-state index contributed by atoms with van der Waals surface area (Å²) in [4.78, 5) is 67.7. The van der Waals surface area contributed by atoms with Gasteiger partial charge in [0.1, 0.15) is 0 Å². The lowest BCUT2D eigenvalue weighted by molar-refractivity contribution is -0.156. The van der Waals surface area contributed by atoms with E-state index in [1.54, 1.807) is 31.2 Å². The summed E-state index contributed by atoms with van der Waals surface area (Å²) in [7, 11) is 1.47. The number of rotatable bonds is 8. The number of ether oxygens (including phenoxy) is 2. The number of nitrogens with zero attached hydrogens (tertiary/aromatic N) is 1. The van der Waals surface area contributed by atoms with E-state index in [1.807, 2.05) is 5.48 Å². The Labute approximate surface area is 201 Å². The molecule has 2 aromatic carbocycles. The Morgan fingerprint density at radius 1 is 1.03 bits per heavy atom. The number of hydroxylamine groups is 1. The van der Waals surface area contributed by atoms with Crippen molar-refractivity contribution in [3.63, 3.8) is 0 Å². The molecule has 0 spiro atoms. The summed E-state index contributed by atoms with van der Waals surface area (Å²) < 4.78 is 10.9. The van der Waals surface area contributed by atoms with E-state index < -0.39 is 42.1 Å². The number of carbonyl (C=O) groups excluding carboxylic acids is 5. The molecule has 11 heteroatoms. The molecule has 2 aromatic rings. The van der Waals surface area contributed by atoms with Gasteiger partial charge in [0, 0.05) is 13.8 Å². The fourth-order valence-electron chi connectivity index (χ4n) is 3.75. The van der Waals surface area contributed by atoms with Gasteiger partial charge in [0.05, 0.1) is 43.0 Å². The molecule has 0 saturated heterocycles. The monoisotopic (exact) mass is 483 g/mol. The molecule has 4 amide bonds. The second-order valence-corrected chi connectivity index (χ2v) is 7.57. The van der Waals surface area contributed by atoms with Gasteiger partial charge in [0.25, 0.3) is 17.7 Å². The van der Waals surface area contributed by atoms with Crippen molar-refractivity contribution in [1.29, 1.82) is 0 Å². The van der Waals surface area contributed by atoms with E-state index in [0.29, 0.717) is 23.7 Å². The van der Waals surface area contributed by atoms with Crippen molar-refractivity contribution in [3.05, 3.63) is 53.1 Å². The van der Waals surface area contributed by atoms with Crippen LogP contribution in [0.15, 0.2) is 36.4 Å². The average molecular weight is 483 g/mol. The third-order valence-electron chi connectivity index (χ3n) is 5.13. The normalized spacial score (nSPS) is 13.1. The number of fused-ring (bicyclic) bond motifs is 1. The zero-order chi connectivity index (χ0) is 25.7. The van der Waals surface area contributed by atoms with Gasteiger partial charge in [-0.1, -0.05) is 12.1 Å². The molecule has 0 fully saturated rings. The Morgan fingerprint density at radius 2 is 1.77 bits per heavy atom. The van der Waals surface area contributed by atoms with E-state index >= 15 is 0 Å². The van der Waals surface area contributed by atoms with Crippen LogP contribution >= 0.6 is 0 Å². The molecule has 1 heterocycles. The first-order chi connectivity index (χ1) is 16.7. The Kier molecular flexibility index (Phi) is 7.69. The highest BCUT2D eigenvalue weighted by Gasteiger charge is 2.43. The van der Waals surface area contributed by atoms with Crippen molar-refractivity contribution >= 4 is 35.3 Å². The van der Waals surface area contributed by atoms with Crippen molar-refractivity contribution < 1.29 is 38.3 Å². The molecular weight excluding hydrogens is 458 g/mol. The maximum absolute atomic E-state index is 13.5. The van der Waals surface area contributed by atoms with E-state index in [9.17, 15) is 24.0 Å². The lowest BCUT2D eigenvalue weighted by atomic mass is 10.0. The van der Waals surface area contributed by atoms with Crippen molar-refractivity contribution in [2.75, 3.05) is 19.0 Å². The number of carbonyl (C=O) groups is 5. The maximum Gasteiger partial charge on any atom is 0.329 e. The second kappa shape index (κ2) is 10.7. The van der Waals surface area contributed by atoms with Gasteiger partial charge in [-0.15, -0.1) is 0 Å². The number of hydrogen-bond donors (Lipinski definition) is 2. The number of imide groups is 1. The van der Waals surface area contributed by atoms with Crippen molar-refractivity contribution in [1.82, 2.24) is 10.4 Å². The quantitative estimate of drug-likeness (QED) is 0.431. The SMILES string of the molecule is CCOc1cc(C(CC(=O)NOC(C)=O)N2C(=O)c3cccc(NC(C)=O)c3C2=O)ccc1OC. The third kappa shape index (κ3) is 5.40. The number of methoxy groups -OCH3 is 1. The molecule has 1 unspecified atom stereocenters. The first kappa shape index (κ1) is 25.2. The van der Waals surface area contributed by atoms with Crippen LogP contribution in [0.2, 0.25) is 0 Å². The van der Waals surface area contributed by atoms with Crippen LogP contribution in [0, 0.1) is 0 Å². The highest BCUT2D eigenvalue weighted by molar-refractivity contribution is 6.24. The molecule has 1 aliphatic heterocycles. The highest BCUT2D eigenvalue weighted by Crippen LogP contribution is 2.39. The molecule has 0 saturated carbocycles. The molecule has 0 aromatic heterocycles. The van der Waals surface area contributed by atoms with E-state index in [-0.39, 0.29) is 16.8 Å². The largest absolute Gasteiger partial charge is 0.493 e. The maximum atomic E-state index is 13.5. The molecule has 0 bridgehead atoms. The van der Waals surface area contributed by atoms with Gasteiger partial charge < -0.3 is 19.6 Å². The smallest absolute Gasteiger partial charge is 0.329 e. The van der Waals surface area contributed by atoms with E-state index in [0.717, 1.165) is 11.8 Å². The third-order valence-corrected chi connectivity index (χ3v) is 5.13. The van der Waals surface area contributed by atoms with Gasteiger partial charge in [-0.3, -0.25) is 28.9 Å². The summed E-state index contributed by atoms with van der Waals surface area (Å²) in [5, 5.41) is 2.56. The molecule has 184 valence electrons. The number of anilines is 1. The van der Waals surface area contributed by atoms with Crippen LogP contribution in [0.25, 0.3) is 0 Å². The molecule has 0 radical (unpaired) electrons. The highest BCUT2D eigenvalue weighted by atomic mass is 16.7. The van der Waals surface area contributed by atoms with Crippen LogP contribution in [0.3, 0.4) is 0 Å². The summed E-state index contributed by atoms with van der Waals surface area (Å²) in [6, 6.07) is 8.20. The Morgan fingerprint density at radius 3 is 2.40 bits per heavy atom. The van der Waals surface area contributed by atoms with Crippen LogP contribution in [0.4, 0.5) is 5.69 Å². The van der Waals surface area contributed by atoms with Gasteiger partial charge in [-0.05, 0) is 36.8 Å². The standard InChI is InChI=1S/C24H25N3O8/c1-5-34-20-11-15(9-10-19(20)33-4)18(12-21(30)26-35-14(3)29)27-23(31)16-7-6-8-17(25-13(2)28)22(16)24(27)32/h6-11,18H,5,12H2,1-4H3,(H,25,28)(H,26,30). The molecule has 35 heavy (non-hydrogen) atoms. The second-order valence-electron chi connectivity index (χ2n) is 7.57. The van der Waals surface area contributed by atoms with Crippen molar-refractivity contribution in [2.24, 2.45) is 0 Å². The predicted octanol–water partition coefficient (Wildman–Crippen LogP) is 2.37. The molecule has 1 aliphatic rings. The Balaban J connectivity index is 2.07. The van der Waals surface area contributed by atoms with Gasteiger partial charge in [0.2, 0.25) is 5.91 Å².